The topological polar surface area (TPSA) is 20.2 Å². The molecule has 2 saturated carbocycles. The van der Waals surface area contributed by atoms with Crippen LogP contribution < -0.4 is 0 Å². The number of hydrogen-bond acceptors (Lipinski definition) is 1. The lowest BCUT2D eigenvalue weighted by Crippen LogP contribution is -2.27. The Morgan fingerprint density at radius 3 is 3.00 bits per heavy atom. The fourth-order valence-corrected chi connectivity index (χ4v) is 3.52. The molecule has 0 aliphatic heterocycles. The van der Waals surface area contributed by atoms with Crippen LogP contribution in [-0.2, 0) is 0 Å². The Morgan fingerprint density at radius 2 is 2.09 bits per heavy atom. The minimum atomic E-state index is 0.0427. The van der Waals surface area contributed by atoms with Gasteiger partial charge in [0.15, 0.2) is 0 Å². The van der Waals surface area contributed by atoms with Crippen molar-refractivity contribution in [2.45, 2.75) is 25.4 Å². The standard InChI is InChI=1S/C10H14O/c11-10-5-6-4-9(10)8-3-1-2-7(6)8/h1-2,6-11H,3-5H2. The lowest BCUT2D eigenvalue weighted by atomic mass is 9.80. The normalized spacial score (nSPS) is 58.8. The zero-order chi connectivity index (χ0) is 7.42. The molecule has 60 valence electrons. The van der Waals surface area contributed by atoms with Crippen molar-refractivity contribution < 1.29 is 5.11 Å². The van der Waals surface area contributed by atoms with Crippen LogP contribution in [0.5, 0.6) is 0 Å². The van der Waals surface area contributed by atoms with Gasteiger partial charge in [0.25, 0.3) is 0 Å². The third-order valence-electron chi connectivity index (χ3n) is 3.97. The van der Waals surface area contributed by atoms with Gasteiger partial charge in [0.1, 0.15) is 0 Å². The minimum absolute atomic E-state index is 0.0427. The molecule has 3 rings (SSSR count). The molecule has 0 aromatic heterocycles. The van der Waals surface area contributed by atoms with E-state index in [0.717, 1.165) is 24.2 Å². The molecule has 2 fully saturated rings. The van der Waals surface area contributed by atoms with Gasteiger partial charge in [-0.3, -0.25) is 0 Å². The van der Waals surface area contributed by atoms with Gasteiger partial charge in [-0.25, -0.2) is 0 Å². The van der Waals surface area contributed by atoms with Crippen LogP contribution in [0.15, 0.2) is 12.2 Å². The summed E-state index contributed by atoms with van der Waals surface area (Å²) in [6.45, 7) is 0. The van der Waals surface area contributed by atoms with Crippen LogP contribution in [0, 0.1) is 23.7 Å². The molecule has 0 spiro atoms. The molecular formula is C10H14O. The van der Waals surface area contributed by atoms with E-state index in [1.165, 1.54) is 12.8 Å². The van der Waals surface area contributed by atoms with Gasteiger partial charge in [0.05, 0.1) is 6.10 Å². The number of fused-ring (bicyclic) bond motifs is 5. The Balaban J connectivity index is 1.94. The number of hydrogen-bond donors (Lipinski definition) is 1. The highest BCUT2D eigenvalue weighted by molar-refractivity contribution is 5.14. The number of aliphatic hydroxyl groups excluding tert-OH is 1. The van der Waals surface area contributed by atoms with Crippen molar-refractivity contribution in [1.82, 2.24) is 0 Å². The second-order valence-electron chi connectivity index (χ2n) is 4.37. The fraction of sp³-hybridized carbons (Fsp3) is 0.800. The molecule has 2 bridgehead atoms. The van der Waals surface area contributed by atoms with Crippen LogP contribution in [0.2, 0.25) is 0 Å². The van der Waals surface area contributed by atoms with Crippen LogP contribution in [0.25, 0.3) is 0 Å². The first-order chi connectivity index (χ1) is 5.36. The lowest BCUT2D eigenvalue weighted by molar-refractivity contribution is 0.0697. The number of allylic oxidation sites excluding steroid dienone is 2. The predicted octanol–water partition coefficient (Wildman–Crippen LogP) is 1.58. The highest BCUT2D eigenvalue weighted by Gasteiger charge is 2.51. The molecule has 0 aromatic carbocycles. The summed E-state index contributed by atoms with van der Waals surface area (Å²) in [6.07, 6.45) is 8.37. The Morgan fingerprint density at radius 1 is 1.18 bits per heavy atom. The zero-order valence-electron chi connectivity index (χ0n) is 6.61. The van der Waals surface area contributed by atoms with Crippen molar-refractivity contribution in [3.63, 3.8) is 0 Å². The molecule has 5 unspecified atom stereocenters. The first-order valence-electron chi connectivity index (χ1n) is 4.71. The summed E-state index contributed by atoms with van der Waals surface area (Å²) in [5.74, 6) is 3.16. The summed E-state index contributed by atoms with van der Waals surface area (Å²) in [5.41, 5.74) is 0. The summed E-state index contributed by atoms with van der Waals surface area (Å²) >= 11 is 0. The van der Waals surface area contributed by atoms with Crippen molar-refractivity contribution in [1.29, 1.82) is 0 Å². The van der Waals surface area contributed by atoms with Crippen molar-refractivity contribution in [2.24, 2.45) is 23.7 Å². The third-order valence-corrected chi connectivity index (χ3v) is 3.97. The summed E-state index contributed by atoms with van der Waals surface area (Å²) in [4.78, 5) is 0. The van der Waals surface area contributed by atoms with Gasteiger partial charge in [0, 0.05) is 0 Å². The van der Waals surface area contributed by atoms with Gasteiger partial charge < -0.3 is 5.11 Å². The van der Waals surface area contributed by atoms with E-state index >= 15 is 0 Å². The minimum Gasteiger partial charge on any atom is -0.393 e. The Bertz CT molecular complexity index is 209. The summed E-state index contributed by atoms with van der Waals surface area (Å²) < 4.78 is 0. The number of aliphatic hydroxyl groups is 1. The van der Waals surface area contributed by atoms with Gasteiger partial charge >= 0.3 is 0 Å². The Hall–Kier alpha value is -0.300. The van der Waals surface area contributed by atoms with Crippen molar-refractivity contribution >= 4 is 0 Å². The largest absolute Gasteiger partial charge is 0.393 e. The zero-order valence-corrected chi connectivity index (χ0v) is 6.61. The second kappa shape index (κ2) is 1.89. The van der Waals surface area contributed by atoms with Crippen molar-refractivity contribution in [3.05, 3.63) is 12.2 Å². The Labute approximate surface area is 67.1 Å². The average Bonchev–Trinajstić information content (AvgIpc) is 2.52. The van der Waals surface area contributed by atoms with E-state index in [-0.39, 0.29) is 6.10 Å². The van der Waals surface area contributed by atoms with Crippen LogP contribution >= 0.6 is 0 Å². The molecule has 0 aromatic rings. The van der Waals surface area contributed by atoms with E-state index in [1.807, 2.05) is 0 Å². The maximum atomic E-state index is 9.64. The summed E-state index contributed by atoms with van der Waals surface area (Å²) in [6, 6.07) is 0. The monoisotopic (exact) mass is 150 g/mol. The van der Waals surface area contributed by atoms with E-state index in [4.69, 9.17) is 0 Å². The predicted molar refractivity (Wildman–Crippen MR) is 43.0 cm³/mol. The second-order valence-corrected chi connectivity index (χ2v) is 4.37. The molecule has 3 aliphatic rings. The van der Waals surface area contributed by atoms with Gasteiger partial charge in [-0.15, -0.1) is 0 Å². The van der Waals surface area contributed by atoms with E-state index in [9.17, 15) is 5.11 Å². The molecule has 0 heterocycles. The molecule has 0 radical (unpaired) electrons. The molecular weight excluding hydrogens is 136 g/mol. The first-order valence-corrected chi connectivity index (χ1v) is 4.71. The molecule has 0 amide bonds. The van der Waals surface area contributed by atoms with Crippen LogP contribution in [0.3, 0.4) is 0 Å². The maximum absolute atomic E-state index is 9.64. The molecule has 5 atom stereocenters. The molecule has 0 saturated heterocycles. The Kier molecular flexibility index (Phi) is 1.07. The SMILES string of the molecule is OC1CC2CC1C1CC=CC21. The van der Waals surface area contributed by atoms with Crippen molar-refractivity contribution in [2.75, 3.05) is 0 Å². The quantitative estimate of drug-likeness (QED) is 0.520. The highest BCUT2D eigenvalue weighted by atomic mass is 16.3. The molecule has 3 aliphatic carbocycles. The summed E-state index contributed by atoms with van der Waals surface area (Å²) in [5, 5.41) is 9.64. The average molecular weight is 150 g/mol. The molecule has 1 N–H and O–H groups in total. The van der Waals surface area contributed by atoms with Crippen LogP contribution in [0.1, 0.15) is 19.3 Å². The van der Waals surface area contributed by atoms with Gasteiger partial charge in [-0.05, 0) is 42.9 Å². The van der Waals surface area contributed by atoms with Gasteiger partial charge in [-0.1, -0.05) is 12.2 Å². The van der Waals surface area contributed by atoms with Crippen LogP contribution in [0.4, 0.5) is 0 Å². The third kappa shape index (κ3) is 0.652. The van der Waals surface area contributed by atoms with Crippen molar-refractivity contribution in [3.8, 4) is 0 Å². The number of rotatable bonds is 0. The molecule has 11 heavy (non-hydrogen) atoms. The highest BCUT2D eigenvalue weighted by Crippen LogP contribution is 2.56. The first kappa shape index (κ1) is 6.24. The van der Waals surface area contributed by atoms with E-state index in [0.29, 0.717) is 5.92 Å². The molecule has 1 nitrogen and oxygen atoms in total. The lowest BCUT2D eigenvalue weighted by Gasteiger charge is -2.27. The smallest absolute Gasteiger partial charge is 0.0574 e. The van der Waals surface area contributed by atoms with Gasteiger partial charge in [-0.2, -0.15) is 0 Å². The van der Waals surface area contributed by atoms with Gasteiger partial charge in [0.2, 0.25) is 0 Å². The van der Waals surface area contributed by atoms with E-state index in [1.54, 1.807) is 0 Å². The van der Waals surface area contributed by atoms with Crippen LogP contribution in [-0.4, -0.2) is 11.2 Å². The maximum Gasteiger partial charge on any atom is 0.0574 e. The van der Waals surface area contributed by atoms with E-state index in [2.05, 4.69) is 12.2 Å². The summed E-state index contributed by atoms with van der Waals surface area (Å²) in [7, 11) is 0. The fourth-order valence-electron chi connectivity index (χ4n) is 3.52. The van der Waals surface area contributed by atoms with E-state index < -0.39 is 0 Å². The molecule has 1 heteroatoms.